The summed E-state index contributed by atoms with van der Waals surface area (Å²) in [6, 6.07) is 0. The van der Waals surface area contributed by atoms with Crippen molar-refractivity contribution in [1.82, 2.24) is 0 Å². The summed E-state index contributed by atoms with van der Waals surface area (Å²) in [4.78, 5) is 11.2. The van der Waals surface area contributed by atoms with E-state index in [1.165, 1.54) is 0 Å². The van der Waals surface area contributed by atoms with E-state index in [0.717, 1.165) is 6.42 Å². The molecule has 2 nitrogen and oxygen atoms in total. The summed E-state index contributed by atoms with van der Waals surface area (Å²) >= 11 is 0. The van der Waals surface area contributed by atoms with E-state index >= 15 is 0 Å². The van der Waals surface area contributed by atoms with Crippen LogP contribution in [0.3, 0.4) is 0 Å². The Kier molecular flexibility index (Phi) is 4.44. The highest BCUT2D eigenvalue weighted by atomic mass is 16.5. The minimum atomic E-state index is -0.0806. The van der Waals surface area contributed by atoms with E-state index in [0.29, 0.717) is 24.9 Å². The van der Waals surface area contributed by atoms with Crippen molar-refractivity contribution >= 4 is 5.97 Å². The van der Waals surface area contributed by atoms with Gasteiger partial charge < -0.3 is 4.74 Å². The van der Waals surface area contributed by atoms with E-state index in [1.54, 1.807) is 0 Å². The summed E-state index contributed by atoms with van der Waals surface area (Å²) in [6.45, 7) is 4.42. The summed E-state index contributed by atoms with van der Waals surface area (Å²) in [5.74, 6) is 0.780. The Bertz CT molecular complexity index is 241. The van der Waals surface area contributed by atoms with Gasteiger partial charge in [0.1, 0.15) is 0 Å². The highest BCUT2D eigenvalue weighted by Crippen LogP contribution is 2.23. The van der Waals surface area contributed by atoms with Crippen LogP contribution < -0.4 is 0 Å². The fraction of sp³-hybridized carbons (Fsp3) is 0.583. The standard InChI is InChI=1S/C12H18O2/c1-3-14-12(13)9-10(2)11-7-5-4-6-8-11/h4-7,10-11H,3,8-9H2,1-2H3. The van der Waals surface area contributed by atoms with Gasteiger partial charge in [0.25, 0.3) is 0 Å². The van der Waals surface area contributed by atoms with Crippen LogP contribution in [0.25, 0.3) is 0 Å². The highest BCUT2D eigenvalue weighted by molar-refractivity contribution is 5.69. The van der Waals surface area contributed by atoms with Crippen molar-refractivity contribution in [2.24, 2.45) is 11.8 Å². The molecule has 0 N–H and O–H groups in total. The van der Waals surface area contributed by atoms with Crippen LogP contribution in [0.15, 0.2) is 24.3 Å². The molecule has 14 heavy (non-hydrogen) atoms. The monoisotopic (exact) mass is 194 g/mol. The fourth-order valence-corrected chi connectivity index (χ4v) is 1.66. The van der Waals surface area contributed by atoms with E-state index in [2.05, 4.69) is 25.2 Å². The molecule has 0 spiro atoms. The van der Waals surface area contributed by atoms with Crippen LogP contribution in [0.2, 0.25) is 0 Å². The van der Waals surface area contributed by atoms with Gasteiger partial charge in [-0.3, -0.25) is 4.79 Å². The molecular weight excluding hydrogens is 176 g/mol. The molecule has 0 aromatic heterocycles. The Morgan fingerprint density at radius 2 is 2.36 bits per heavy atom. The van der Waals surface area contributed by atoms with Gasteiger partial charge in [-0.25, -0.2) is 0 Å². The van der Waals surface area contributed by atoms with Crippen molar-refractivity contribution in [2.75, 3.05) is 6.61 Å². The first-order valence-electron chi connectivity index (χ1n) is 5.23. The lowest BCUT2D eigenvalue weighted by Gasteiger charge is -2.20. The zero-order valence-electron chi connectivity index (χ0n) is 8.90. The first-order valence-corrected chi connectivity index (χ1v) is 5.23. The molecule has 0 fully saturated rings. The van der Waals surface area contributed by atoms with Crippen LogP contribution in [-0.2, 0) is 9.53 Å². The van der Waals surface area contributed by atoms with Crippen LogP contribution in [0.4, 0.5) is 0 Å². The van der Waals surface area contributed by atoms with Crippen molar-refractivity contribution in [3.05, 3.63) is 24.3 Å². The minimum absolute atomic E-state index is 0.0806. The van der Waals surface area contributed by atoms with Crippen LogP contribution in [-0.4, -0.2) is 12.6 Å². The lowest BCUT2D eigenvalue weighted by atomic mass is 9.86. The van der Waals surface area contributed by atoms with Crippen LogP contribution >= 0.6 is 0 Å². The Hall–Kier alpha value is -1.05. The second-order valence-corrected chi connectivity index (χ2v) is 3.70. The largest absolute Gasteiger partial charge is 0.466 e. The summed E-state index contributed by atoms with van der Waals surface area (Å²) < 4.78 is 4.92. The number of hydrogen-bond donors (Lipinski definition) is 0. The average Bonchev–Trinajstić information content (AvgIpc) is 2.19. The smallest absolute Gasteiger partial charge is 0.306 e. The maximum Gasteiger partial charge on any atom is 0.306 e. The molecule has 1 aliphatic carbocycles. The van der Waals surface area contributed by atoms with Gasteiger partial charge in [0.2, 0.25) is 0 Å². The molecule has 0 bridgehead atoms. The molecule has 1 rings (SSSR count). The van der Waals surface area contributed by atoms with E-state index in [4.69, 9.17) is 4.74 Å². The third kappa shape index (κ3) is 3.36. The summed E-state index contributed by atoms with van der Waals surface area (Å²) in [7, 11) is 0. The third-order valence-corrected chi connectivity index (χ3v) is 2.54. The molecule has 0 saturated carbocycles. The number of carbonyl (C=O) groups is 1. The number of esters is 1. The molecule has 78 valence electrons. The second kappa shape index (κ2) is 5.63. The van der Waals surface area contributed by atoms with Crippen LogP contribution in [0, 0.1) is 11.8 Å². The summed E-state index contributed by atoms with van der Waals surface area (Å²) in [5, 5.41) is 0. The molecule has 0 amide bonds. The Morgan fingerprint density at radius 3 is 2.93 bits per heavy atom. The van der Waals surface area contributed by atoms with Crippen molar-refractivity contribution in [3.8, 4) is 0 Å². The van der Waals surface area contributed by atoms with E-state index in [1.807, 2.05) is 13.0 Å². The molecule has 0 saturated heterocycles. The molecular formula is C12H18O2. The predicted octanol–water partition coefficient (Wildman–Crippen LogP) is 2.71. The number of hydrogen-bond acceptors (Lipinski definition) is 2. The molecule has 0 aromatic rings. The SMILES string of the molecule is CCOC(=O)CC(C)C1C=CC=CC1. The number of allylic oxidation sites excluding steroid dienone is 4. The topological polar surface area (TPSA) is 26.3 Å². The molecule has 1 aliphatic rings. The number of rotatable bonds is 4. The molecule has 2 unspecified atom stereocenters. The highest BCUT2D eigenvalue weighted by Gasteiger charge is 2.18. The Balaban J connectivity index is 2.34. The van der Waals surface area contributed by atoms with Crippen molar-refractivity contribution in [2.45, 2.75) is 26.7 Å². The number of ether oxygens (including phenoxy) is 1. The first kappa shape index (κ1) is 11.0. The lowest BCUT2D eigenvalue weighted by molar-refractivity contribution is -0.144. The quantitative estimate of drug-likeness (QED) is 0.643. The molecule has 0 aromatic carbocycles. The van der Waals surface area contributed by atoms with Gasteiger partial charge in [0, 0.05) is 6.42 Å². The second-order valence-electron chi connectivity index (χ2n) is 3.70. The zero-order chi connectivity index (χ0) is 10.4. The van der Waals surface area contributed by atoms with Crippen molar-refractivity contribution < 1.29 is 9.53 Å². The van der Waals surface area contributed by atoms with Crippen molar-refractivity contribution in [3.63, 3.8) is 0 Å². The summed E-state index contributed by atoms with van der Waals surface area (Å²) in [5.41, 5.74) is 0. The fourth-order valence-electron chi connectivity index (χ4n) is 1.66. The van der Waals surface area contributed by atoms with Gasteiger partial charge in [-0.15, -0.1) is 0 Å². The first-order chi connectivity index (χ1) is 6.74. The molecule has 0 aliphatic heterocycles. The minimum Gasteiger partial charge on any atom is -0.466 e. The van der Waals surface area contributed by atoms with Crippen LogP contribution in [0.1, 0.15) is 26.7 Å². The van der Waals surface area contributed by atoms with E-state index in [-0.39, 0.29) is 5.97 Å². The van der Waals surface area contributed by atoms with Gasteiger partial charge in [-0.2, -0.15) is 0 Å². The molecule has 0 heterocycles. The van der Waals surface area contributed by atoms with E-state index in [9.17, 15) is 4.79 Å². The zero-order valence-corrected chi connectivity index (χ0v) is 8.90. The summed E-state index contributed by atoms with van der Waals surface area (Å²) in [6.07, 6.45) is 9.98. The molecule has 0 radical (unpaired) electrons. The normalized spacial score (nSPS) is 22.0. The Morgan fingerprint density at radius 1 is 1.57 bits per heavy atom. The maximum absolute atomic E-state index is 11.2. The van der Waals surface area contributed by atoms with Gasteiger partial charge >= 0.3 is 5.97 Å². The lowest BCUT2D eigenvalue weighted by Crippen LogP contribution is -2.16. The molecule has 2 atom stereocenters. The van der Waals surface area contributed by atoms with Crippen LogP contribution in [0.5, 0.6) is 0 Å². The number of carbonyl (C=O) groups excluding carboxylic acids is 1. The molecule has 2 heteroatoms. The van der Waals surface area contributed by atoms with Gasteiger partial charge in [0.05, 0.1) is 6.61 Å². The maximum atomic E-state index is 11.2. The third-order valence-electron chi connectivity index (χ3n) is 2.54. The van der Waals surface area contributed by atoms with Crippen molar-refractivity contribution in [1.29, 1.82) is 0 Å². The van der Waals surface area contributed by atoms with Gasteiger partial charge in [-0.1, -0.05) is 31.2 Å². The van der Waals surface area contributed by atoms with Gasteiger partial charge in [0.15, 0.2) is 0 Å². The van der Waals surface area contributed by atoms with Gasteiger partial charge in [-0.05, 0) is 25.2 Å². The Labute approximate surface area is 85.6 Å². The average molecular weight is 194 g/mol. The predicted molar refractivity (Wildman–Crippen MR) is 56.8 cm³/mol. The van der Waals surface area contributed by atoms with E-state index < -0.39 is 0 Å².